The number of aryl methyl sites for hydroxylation is 1. The molecule has 234 valence electrons. The number of nitrogens with one attached hydrogen (secondary N) is 1. The predicted molar refractivity (Wildman–Crippen MR) is 171 cm³/mol. The fourth-order valence-corrected chi connectivity index (χ4v) is 5.32. The molecule has 3 aromatic carbocycles. The molecule has 1 heterocycles. The van der Waals surface area contributed by atoms with E-state index < -0.39 is 17.7 Å². The summed E-state index contributed by atoms with van der Waals surface area (Å²) in [5.41, 5.74) is 2.46. The zero-order chi connectivity index (χ0) is 31.7. The number of carbonyl (C=O) groups is 4. The van der Waals surface area contributed by atoms with Crippen LogP contribution in [0.3, 0.4) is 0 Å². The van der Waals surface area contributed by atoms with Crippen LogP contribution in [0.2, 0.25) is 0 Å². The van der Waals surface area contributed by atoms with E-state index in [2.05, 4.69) is 5.32 Å². The third-order valence-corrected chi connectivity index (χ3v) is 7.41. The van der Waals surface area contributed by atoms with Crippen LogP contribution >= 0.6 is 0 Å². The minimum Gasteiger partial charge on any atom is -0.466 e. The monoisotopic (exact) mass is 601 g/mol. The molecule has 3 amide bonds. The molecule has 0 aromatic heterocycles. The fourth-order valence-electron chi connectivity index (χ4n) is 5.32. The van der Waals surface area contributed by atoms with Crippen molar-refractivity contribution in [3.63, 3.8) is 0 Å². The largest absolute Gasteiger partial charge is 0.466 e. The van der Waals surface area contributed by atoms with Crippen LogP contribution < -0.4 is 10.2 Å². The molecule has 9 heteroatoms. The van der Waals surface area contributed by atoms with E-state index in [1.807, 2.05) is 81.4 Å². The summed E-state index contributed by atoms with van der Waals surface area (Å²) in [7, 11) is 0. The van der Waals surface area contributed by atoms with Gasteiger partial charge in [0.1, 0.15) is 12.1 Å². The number of amides is 3. The van der Waals surface area contributed by atoms with Gasteiger partial charge in [-0.1, -0.05) is 55.0 Å². The first-order valence-electron chi connectivity index (χ1n) is 15.4. The number of benzene rings is 3. The first kappa shape index (κ1) is 32.5. The Bertz CT molecular complexity index is 1490. The Labute approximate surface area is 259 Å². The highest BCUT2D eigenvalue weighted by atomic mass is 16.6. The Hall–Kier alpha value is -4.40. The second kappa shape index (κ2) is 14.9. The molecule has 1 N–H and O–H groups in total. The van der Waals surface area contributed by atoms with Crippen molar-refractivity contribution in [2.24, 2.45) is 0 Å². The number of hydrogen-bond acceptors (Lipinski definition) is 6. The lowest BCUT2D eigenvalue weighted by Gasteiger charge is -2.24. The zero-order valence-electron chi connectivity index (χ0n) is 26.2. The Morgan fingerprint density at radius 2 is 1.73 bits per heavy atom. The average molecular weight is 602 g/mol. The predicted octanol–water partition coefficient (Wildman–Crippen LogP) is 6.02. The van der Waals surface area contributed by atoms with Gasteiger partial charge in [0.2, 0.25) is 5.91 Å². The molecule has 0 unspecified atom stereocenters. The molecule has 0 saturated carbocycles. The first-order valence-corrected chi connectivity index (χ1v) is 15.4. The number of nitrogens with zero attached hydrogens (tertiary/aromatic N) is 2. The normalized spacial score (nSPS) is 13.5. The summed E-state index contributed by atoms with van der Waals surface area (Å²) < 4.78 is 10.3. The highest BCUT2D eigenvalue weighted by molar-refractivity contribution is 6.10. The fraction of sp³-hybridized carbons (Fsp3) is 0.429. The van der Waals surface area contributed by atoms with Gasteiger partial charge in [-0.3, -0.25) is 14.4 Å². The maximum Gasteiger partial charge on any atom is 0.407 e. The van der Waals surface area contributed by atoms with Gasteiger partial charge in [0, 0.05) is 13.1 Å². The van der Waals surface area contributed by atoms with Gasteiger partial charge < -0.3 is 24.6 Å². The van der Waals surface area contributed by atoms with Gasteiger partial charge in [-0.05, 0) is 81.0 Å². The number of alkyl carbamates (subject to hydrolysis) is 1. The van der Waals surface area contributed by atoms with Crippen LogP contribution in [-0.4, -0.2) is 60.6 Å². The minimum atomic E-state index is -0.531. The summed E-state index contributed by atoms with van der Waals surface area (Å²) in [4.78, 5) is 54.6. The lowest BCUT2D eigenvalue weighted by Crippen LogP contribution is -2.40. The number of hydrogen-bond donors (Lipinski definition) is 1. The van der Waals surface area contributed by atoms with Crippen molar-refractivity contribution in [1.29, 1.82) is 0 Å². The van der Waals surface area contributed by atoms with E-state index in [-0.39, 0.29) is 37.9 Å². The van der Waals surface area contributed by atoms with E-state index >= 15 is 0 Å². The van der Waals surface area contributed by atoms with E-state index in [9.17, 15) is 19.2 Å². The van der Waals surface area contributed by atoms with Crippen LogP contribution in [0, 0.1) is 0 Å². The van der Waals surface area contributed by atoms with Crippen LogP contribution in [0.1, 0.15) is 74.9 Å². The van der Waals surface area contributed by atoms with Crippen molar-refractivity contribution in [3.05, 3.63) is 77.4 Å². The summed E-state index contributed by atoms with van der Waals surface area (Å²) in [6, 6.07) is 19.8. The molecule has 0 fully saturated rings. The number of rotatable bonds is 12. The van der Waals surface area contributed by atoms with Gasteiger partial charge in [0.05, 0.1) is 30.8 Å². The lowest BCUT2D eigenvalue weighted by molar-refractivity contribution is -0.143. The maximum atomic E-state index is 13.8. The molecule has 0 atom stereocenters. The van der Waals surface area contributed by atoms with Crippen LogP contribution in [0.4, 0.5) is 10.5 Å². The number of anilines is 1. The SMILES string of the molecule is CCOC(=O)CCN1CC(=O)N(Cc2cccc3ccccc23)c2ccc(CCCCCNC(=O)OC(C)(C)C)cc2C1=O. The second-order valence-corrected chi connectivity index (χ2v) is 12.0. The Morgan fingerprint density at radius 3 is 2.50 bits per heavy atom. The first-order chi connectivity index (χ1) is 21.1. The van der Waals surface area contributed by atoms with Crippen molar-refractivity contribution < 1.29 is 28.7 Å². The molecular formula is C35H43N3O6. The van der Waals surface area contributed by atoms with Gasteiger partial charge >= 0.3 is 12.1 Å². The van der Waals surface area contributed by atoms with E-state index in [0.29, 0.717) is 24.3 Å². The molecule has 0 radical (unpaired) electrons. The van der Waals surface area contributed by atoms with Crippen molar-refractivity contribution in [2.75, 3.05) is 31.1 Å². The third kappa shape index (κ3) is 8.81. The number of ether oxygens (including phenoxy) is 2. The number of carbonyl (C=O) groups excluding carboxylic acids is 4. The Balaban J connectivity index is 1.51. The smallest absolute Gasteiger partial charge is 0.407 e. The summed E-state index contributed by atoms with van der Waals surface area (Å²) in [5, 5.41) is 4.91. The van der Waals surface area contributed by atoms with Crippen molar-refractivity contribution in [2.45, 2.75) is 71.9 Å². The van der Waals surface area contributed by atoms with E-state index in [1.54, 1.807) is 11.8 Å². The molecule has 1 aliphatic heterocycles. The second-order valence-electron chi connectivity index (χ2n) is 12.0. The summed E-state index contributed by atoms with van der Waals surface area (Å²) in [6.07, 6.45) is 2.90. The Morgan fingerprint density at radius 1 is 0.955 bits per heavy atom. The van der Waals surface area contributed by atoms with E-state index in [0.717, 1.165) is 47.6 Å². The molecule has 0 spiro atoms. The molecule has 9 nitrogen and oxygen atoms in total. The quantitative estimate of drug-likeness (QED) is 0.201. The summed E-state index contributed by atoms with van der Waals surface area (Å²) in [6.45, 7) is 8.29. The number of unbranched alkanes of at least 4 members (excludes halogenated alkanes) is 2. The molecule has 0 bridgehead atoms. The maximum absolute atomic E-state index is 13.8. The molecule has 1 aliphatic rings. The van der Waals surface area contributed by atoms with Gasteiger partial charge in [-0.2, -0.15) is 0 Å². The number of esters is 1. The molecule has 0 saturated heterocycles. The van der Waals surface area contributed by atoms with Gasteiger partial charge in [-0.25, -0.2) is 4.79 Å². The zero-order valence-corrected chi connectivity index (χ0v) is 26.2. The van der Waals surface area contributed by atoms with Crippen LogP contribution in [0.15, 0.2) is 60.7 Å². The van der Waals surface area contributed by atoms with Gasteiger partial charge in [-0.15, -0.1) is 0 Å². The van der Waals surface area contributed by atoms with Gasteiger partial charge in [0.15, 0.2) is 0 Å². The molecular weight excluding hydrogens is 558 g/mol. The summed E-state index contributed by atoms with van der Waals surface area (Å²) in [5.74, 6) is -0.889. The van der Waals surface area contributed by atoms with Crippen LogP contribution in [-0.2, 0) is 32.0 Å². The minimum absolute atomic E-state index is 0.0164. The van der Waals surface area contributed by atoms with Crippen molar-refractivity contribution in [3.8, 4) is 0 Å². The third-order valence-electron chi connectivity index (χ3n) is 7.41. The van der Waals surface area contributed by atoms with Crippen molar-refractivity contribution in [1.82, 2.24) is 10.2 Å². The lowest BCUT2D eigenvalue weighted by atomic mass is 10.0. The van der Waals surface area contributed by atoms with Gasteiger partial charge in [0.25, 0.3) is 5.91 Å². The number of fused-ring (bicyclic) bond motifs is 2. The average Bonchev–Trinajstić information content (AvgIpc) is 3.07. The highest BCUT2D eigenvalue weighted by Gasteiger charge is 2.32. The van der Waals surface area contributed by atoms with Crippen LogP contribution in [0.25, 0.3) is 10.8 Å². The molecule has 44 heavy (non-hydrogen) atoms. The molecule has 3 aromatic rings. The van der Waals surface area contributed by atoms with Crippen molar-refractivity contribution >= 4 is 40.3 Å². The topological polar surface area (TPSA) is 105 Å². The molecule has 0 aliphatic carbocycles. The van der Waals surface area contributed by atoms with Crippen LogP contribution in [0.5, 0.6) is 0 Å². The standard InChI is InChI=1S/C35H43N3O6/c1-5-43-32(40)19-21-37-24-31(39)38(23-27-15-11-14-26-13-8-9-16-28(26)27)30-18-17-25(22-29(30)33(37)41)12-7-6-10-20-36-34(42)44-35(2,3)4/h8-9,11,13-18,22H,5-7,10,12,19-21,23-24H2,1-4H3,(H,36,42). The van der Waals surface area contributed by atoms with E-state index in [4.69, 9.17) is 9.47 Å². The highest BCUT2D eigenvalue weighted by Crippen LogP contribution is 2.31. The summed E-state index contributed by atoms with van der Waals surface area (Å²) >= 11 is 0. The molecule has 4 rings (SSSR count). The van der Waals surface area contributed by atoms with E-state index in [1.165, 1.54) is 4.90 Å². The Kier molecular flexibility index (Phi) is 11.0.